The summed E-state index contributed by atoms with van der Waals surface area (Å²) in [5.74, 6) is 0.0557. The van der Waals surface area contributed by atoms with Crippen LogP contribution in [0, 0.1) is 6.92 Å². The van der Waals surface area contributed by atoms with Crippen LogP contribution in [0.2, 0.25) is 0 Å². The van der Waals surface area contributed by atoms with Gasteiger partial charge in [0.1, 0.15) is 5.69 Å². The van der Waals surface area contributed by atoms with Crippen molar-refractivity contribution in [2.75, 3.05) is 20.1 Å². The summed E-state index contributed by atoms with van der Waals surface area (Å²) in [6, 6.07) is 9.84. The average Bonchev–Trinajstić information content (AvgIpc) is 3.01. The molecule has 6 nitrogen and oxygen atoms in total. The SMILES string of the molecule is Cc1nc(CC(=O)N2CCC[C@@H](N(C)C(=O)c3nccc4ccccc34)CC2)cs1. The average molecular weight is 423 g/mol. The van der Waals surface area contributed by atoms with E-state index in [0.717, 1.165) is 47.3 Å². The zero-order chi connectivity index (χ0) is 21.1. The van der Waals surface area contributed by atoms with Crippen LogP contribution in [0.15, 0.2) is 41.9 Å². The first-order valence-electron chi connectivity index (χ1n) is 10.3. The molecular formula is C23H26N4O2S. The molecule has 1 aromatic carbocycles. The molecule has 1 aliphatic heterocycles. The standard InChI is InChI=1S/C23H26N4O2S/c1-16-25-18(15-30-16)14-21(28)27-12-5-7-19(10-13-27)26(2)23(29)22-20-8-4-3-6-17(20)9-11-24-22/h3-4,6,8-9,11,15,19H,5,7,10,12-14H2,1-2H3/t19-/m1/s1. The van der Waals surface area contributed by atoms with E-state index in [-0.39, 0.29) is 17.9 Å². The van der Waals surface area contributed by atoms with Gasteiger partial charge in [-0.05, 0) is 37.6 Å². The van der Waals surface area contributed by atoms with Gasteiger partial charge in [-0.1, -0.05) is 24.3 Å². The molecule has 0 unspecified atom stereocenters. The molecule has 0 spiro atoms. The summed E-state index contributed by atoms with van der Waals surface area (Å²) in [5.41, 5.74) is 1.34. The van der Waals surface area contributed by atoms with Crippen LogP contribution in [0.4, 0.5) is 0 Å². The number of carbonyl (C=O) groups is 2. The third-order valence-electron chi connectivity index (χ3n) is 5.79. The van der Waals surface area contributed by atoms with E-state index in [9.17, 15) is 9.59 Å². The number of fused-ring (bicyclic) bond motifs is 1. The van der Waals surface area contributed by atoms with Gasteiger partial charge in [0.15, 0.2) is 0 Å². The molecule has 1 aliphatic rings. The maximum Gasteiger partial charge on any atom is 0.273 e. The molecule has 1 saturated heterocycles. The van der Waals surface area contributed by atoms with Gasteiger partial charge in [-0.15, -0.1) is 11.3 Å². The van der Waals surface area contributed by atoms with Crippen LogP contribution in [0.3, 0.4) is 0 Å². The van der Waals surface area contributed by atoms with Crippen LogP contribution in [0.25, 0.3) is 10.8 Å². The Morgan fingerprint density at radius 2 is 2.03 bits per heavy atom. The fourth-order valence-electron chi connectivity index (χ4n) is 4.09. The maximum atomic E-state index is 13.2. The first-order chi connectivity index (χ1) is 14.5. The Hall–Kier alpha value is -2.80. The van der Waals surface area contributed by atoms with Gasteiger partial charge in [0, 0.05) is 43.1 Å². The molecule has 4 rings (SSSR count). The Balaban J connectivity index is 1.42. The van der Waals surface area contributed by atoms with Crippen molar-refractivity contribution < 1.29 is 9.59 Å². The zero-order valence-corrected chi connectivity index (χ0v) is 18.2. The molecule has 3 heterocycles. The van der Waals surface area contributed by atoms with Crippen molar-refractivity contribution in [3.05, 3.63) is 58.3 Å². The zero-order valence-electron chi connectivity index (χ0n) is 17.4. The molecular weight excluding hydrogens is 396 g/mol. The van der Waals surface area contributed by atoms with Crippen molar-refractivity contribution in [3.63, 3.8) is 0 Å². The second kappa shape index (κ2) is 8.92. The maximum absolute atomic E-state index is 13.2. The van der Waals surface area contributed by atoms with Gasteiger partial charge in [-0.3, -0.25) is 14.6 Å². The predicted octanol–water partition coefficient (Wildman–Crippen LogP) is 3.70. The number of nitrogens with zero attached hydrogens (tertiary/aromatic N) is 4. The van der Waals surface area contributed by atoms with Gasteiger partial charge in [0.25, 0.3) is 5.91 Å². The fourth-order valence-corrected chi connectivity index (χ4v) is 4.71. The van der Waals surface area contributed by atoms with Gasteiger partial charge in [0.05, 0.1) is 17.1 Å². The van der Waals surface area contributed by atoms with Crippen LogP contribution in [0.1, 0.15) is 40.5 Å². The summed E-state index contributed by atoms with van der Waals surface area (Å²) in [6.45, 7) is 3.34. The summed E-state index contributed by atoms with van der Waals surface area (Å²) < 4.78 is 0. The molecule has 30 heavy (non-hydrogen) atoms. The molecule has 3 aromatic rings. The highest BCUT2D eigenvalue weighted by atomic mass is 32.1. The van der Waals surface area contributed by atoms with E-state index < -0.39 is 0 Å². The van der Waals surface area contributed by atoms with Gasteiger partial charge < -0.3 is 9.80 Å². The monoisotopic (exact) mass is 422 g/mol. The summed E-state index contributed by atoms with van der Waals surface area (Å²) >= 11 is 1.57. The van der Waals surface area contributed by atoms with Crippen LogP contribution in [0.5, 0.6) is 0 Å². The Morgan fingerprint density at radius 1 is 1.20 bits per heavy atom. The number of benzene rings is 1. The van der Waals surface area contributed by atoms with E-state index in [1.165, 1.54) is 0 Å². The van der Waals surface area contributed by atoms with Crippen LogP contribution >= 0.6 is 11.3 Å². The van der Waals surface area contributed by atoms with Gasteiger partial charge in [0.2, 0.25) is 5.91 Å². The molecule has 156 valence electrons. The second-order valence-corrected chi connectivity index (χ2v) is 8.86. The molecule has 0 aliphatic carbocycles. The summed E-state index contributed by atoms with van der Waals surface area (Å²) in [4.78, 5) is 38.4. The highest BCUT2D eigenvalue weighted by Crippen LogP contribution is 2.22. The smallest absolute Gasteiger partial charge is 0.273 e. The van der Waals surface area contributed by atoms with Crippen molar-refractivity contribution in [2.45, 2.75) is 38.6 Å². The van der Waals surface area contributed by atoms with Crippen LogP contribution in [-0.4, -0.2) is 57.8 Å². The lowest BCUT2D eigenvalue weighted by Crippen LogP contribution is -2.39. The Labute approximate surface area is 180 Å². The third-order valence-corrected chi connectivity index (χ3v) is 6.62. The largest absolute Gasteiger partial charge is 0.342 e. The van der Waals surface area contributed by atoms with Gasteiger partial charge in [-0.2, -0.15) is 0 Å². The van der Waals surface area contributed by atoms with Crippen molar-refractivity contribution in [3.8, 4) is 0 Å². The lowest BCUT2D eigenvalue weighted by molar-refractivity contribution is -0.130. The van der Waals surface area contributed by atoms with Crippen molar-refractivity contribution >= 4 is 33.9 Å². The number of likely N-dealkylation sites (tertiary alicyclic amines) is 1. The van der Waals surface area contributed by atoms with E-state index in [1.54, 1.807) is 17.5 Å². The topological polar surface area (TPSA) is 66.4 Å². The fraction of sp³-hybridized carbons (Fsp3) is 0.391. The minimum Gasteiger partial charge on any atom is -0.342 e. The Bertz CT molecular complexity index is 1060. The highest BCUT2D eigenvalue weighted by Gasteiger charge is 2.27. The minimum absolute atomic E-state index is 0.0606. The van der Waals surface area contributed by atoms with E-state index in [4.69, 9.17) is 0 Å². The number of pyridine rings is 1. The number of hydrogen-bond acceptors (Lipinski definition) is 5. The van der Waals surface area contributed by atoms with Crippen molar-refractivity contribution in [1.29, 1.82) is 0 Å². The Morgan fingerprint density at radius 3 is 2.83 bits per heavy atom. The van der Waals surface area contributed by atoms with Crippen molar-refractivity contribution in [1.82, 2.24) is 19.8 Å². The molecule has 1 fully saturated rings. The summed E-state index contributed by atoms with van der Waals surface area (Å²) in [6.07, 6.45) is 4.58. The number of aryl methyl sites for hydroxylation is 1. The van der Waals surface area contributed by atoms with E-state index in [0.29, 0.717) is 18.7 Å². The number of thiazole rings is 1. The van der Waals surface area contributed by atoms with E-state index in [1.807, 2.05) is 59.5 Å². The number of hydrogen-bond donors (Lipinski definition) is 0. The molecule has 0 bridgehead atoms. The van der Waals surface area contributed by atoms with E-state index in [2.05, 4.69) is 9.97 Å². The number of amides is 2. The molecule has 2 aromatic heterocycles. The quantitative estimate of drug-likeness (QED) is 0.643. The predicted molar refractivity (Wildman–Crippen MR) is 119 cm³/mol. The first kappa shape index (κ1) is 20.5. The molecule has 0 N–H and O–H groups in total. The van der Waals surface area contributed by atoms with Crippen molar-refractivity contribution in [2.24, 2.45) is 0 Å². The lowest BCUT2D eigenvalue weighted by Gasteiger charge is -2.27. The molecule has 0 saturated carbocycles. The summed E-state index contributed by atoms with van der Waals surface area (Å²) in [7, 11) is 1.85. The number of aromatic nitrogens is 2. The lowest BCUT2D eigenvalue weighted by atomic mass is 10.1. The number of rotatable bonds is 4. The first-order valence-corrected chi connectivity index (χ1v) is 11.2. The summed E-state index contributed by atoms with van der Waals surface area (Å²) in [5, 5.41) is 4.83. The molecule has 7 heteroatoms. The molecule has 2 amide bonds. The van der Waals surface area contributed by atoms with Crippen LogP contribution < -0.4 is 0 Å². The molecule has 1 atom stereocenters. The van der Waals surface area contributed by atoms with E-state index >= 15 is 0 Å². The third kappa shape index (κ3) is 4.36. The number of carbonyl (C=O) groups excluding carboxylic acids is 2. The van der Waals surface area contributed by atoms with Gasteiger partial charge >= 0.3 is 0 Å². The second-order valence-electron chi connectivity index (χ2n) is 7.80. The minimum atomic E-state index is -0.0606. The molecule has 0 radical (unpaired) electrons. The van der Waals surface area contributed by atoms with Gasteiger partial charge in [-0.25, -0.2) is 4.98 Å². The Kier molecular flexibility index (Phi) is 6.08. The van der Waals surface area contributed by atoms with Crippen LogP contribution in [-0.2, 0) is 11.2 Å². The highest BCUT2D eigenvalue weighted by molar-refractivity contribution is 7.09. The normalized spacial score (nSPS) is 17.0.